The molecule has 2 aliphatic heterocycles. The van der Waals surface area contributed by atoms with Crippen LogP contribution in [0.25, 0.3) is 0 Å². The first-order chi connectivity index (χ1) is 14.9. The Morgan fingerprint density at radius 1 is 1.00 bits per heavy atom. The lowest BCUT2D eigenvalue weighted by atomic mass is 10.1. The molecule has 2 aromatic carbocycles. The fraction of sp³-hybridized carbons (Fsp3) is 0.409. The average Bonchev–Trinajstić information content (AvgIpc) is 2.79. The van der Waals surface area contributed by atoms with Gasteiger partial charge in [-0.1, -0.05) is 24.1 Å². The summed E-state index contributed by atoms with van der Waals surface area (Å²) in [6.07, 6.45) is 3.29. The molecule has 1 amide bonds. The van der Waals surface area contributed by atoms with Crippen molar-refractivity contribution < 1.29 is 22.7 Å². The minimum atomic E-state index is -3.73. The van der Waals surface area contributed by atoms with Gasteiger partial charge in [0.15, 0.2) is 11.5 Å². The predicted octanol–water partition coefficient (Wildman–Crippen LogP) is 3.26. The summed E-state index contributed by atoms with van der Waals surface area (Å²) in [7, 11) is -3.73. The number of carbonyl (C=O) groups is 1. The summed E-state index contributed by atoms with van der Waals surface area (Å²) in [5, 5.41) is 2.97. The first kappa shape index (κ1) is 21.9. The molecule has 166 valence electrons. The van der Waals surface area contributed by atoms with E-state index in [0.29, 0.717) is 45.0 Å². The topological polar surface area (TPSA) is 84.9 Å². The van der Waals surface area contributed by atoms with Gasteiger partial charge in [-0.3, -0.25) is 4.79 Å². The van der Waals surface area contributed by atoms with Gasteiger partial charge in [-0.15, -0.1) is 0 Å². The van der Waals surface area contributed by atoms with Crippen LogP contribution in [-0.4, -0.2) is 51.5 Å². The van der Waals surface area contributed by atoms with Crippen LogP contribution in [-0.2, 0) is 16.4 Å². The van der Waals surface area contributed by atoms with E-state index >= 15 is 0 Å². The van der Waals surface area contributed by atoms with Crippen molar-refractivity contribution in [1.29, 1.82) is 0 Å². The molecule has 2 heterocycles. The maximum atomic E-state index is 13.0. The highest BCUT2D eigenvalue weighted by molar-refractivity contribution is 7.89. The number of ether oxygens (including phenoxy) is 2. The van der Waals surface area contributed by atoms with E-state index in [1.807, 2.05) is 18.2 Å². The number of rotatable bonds is 6. The minimum Gasteiger partial charge on any atom is -0.486 e. The van der Waals surface area contributed by atoms with Gasteiger partial charge in [-0.2, -0.15) is 4.31 Å². The zero-order valence-electron chi connectivity index (χ0n) is 17.1. The van der Waals surface area contributed by atoms with E-state index in [1.54, 1.807) is 0 Å². The van der Waals surface area contributed by atoms with Crippen molar-refractivity contribution in [2.24, 2.45) is 0 Å². The van der Waals surface area contributed by atoms with Gasteiger partial charge >= 0.3 is 0 Å². The number of hydrogen-bond acceptors (Lipinski definition) is 5. The second-order valence-electron chi connectivity index (χ2n) is 7.59. The number of halogens is 1. The summed E-state index contributed by atoms with van der Waals surface area (Å²) in [6, 6.07) is 10.1. The summed E-state index contributed by atoms with van der Waals surface area (Å²) in [5.74, 6) is 1.09. The third-order valence-corrected chi connectivity index (χ3v) is 7.81. The van der Waals surface area contributed by atoms with E-state index in [1.165, 1.54) is 22.5 Å². The number of nitrogens with one attached hydrogen (secondary N) is 1. The van der Waals surface area contributed by atoms with Gasteiger partial charge in [0.05, 0.1) is 5.02 Å². The lowest BCUT2D eigenvalue weighted by Crippen LogP contribution is -2.36. The van der Waals surface area contributed by atoms with Crippen LogP contribution in [0.5, 0.6) is 11.5 Å². The number of hydrogen-bond donors (Lipinski definition) is 1. The maximum Gasteiger partial charge on any atom is 0.251 e. The van der Waals surface area contributed by atoms with Crippen molar-refractivity contribution in [2.75, 3.05) is 32.8 Å². The molecule has 0 unspecified atom stereocenters. The summed E-state index contributed by atoms with van der Waals surface area (Å²) >= 11 is 6.19. The molecule has 0 aliphatic carbocycles. The van der Waals surface area contributed by atoms with Crippen molar-refractivity contribution in [3.8, 4) is 11.5 Å². The number of sulfonamides is 1. The molecule has 7 nitrogen and oxygen atoms in total. The van der Waals surface area contributed by atoms with E-state index in [9.17, 15) is 13.2 Å². The Bertz CT molecular complexity index is 1070. The van der Waals surface area contributed by atoms with Crippen LogP contribution < -0.4 is 14.8 Å². The van der Waals surface area contributed by atoms with Crippen LogP contribution in [0.4, 0.5) is 0 Å². The second kappa shape index (κ2) is 9.46. The molecule has 0 atom stereocenters. The smallest absolute Gasteiger partial charge is 0.251 e. The minimum absolute atomic E-state index is 0.0180. The molecule has 1 N–H and O–H groups in total. The highest BCUT2D eigenvalue weighted by Crippen LogP contribution is 2.31. The molecular weight excluding hydrogens is 440 g/mol. The Balaban J connectivity index is 1.41. The largest absolute Gasteiger partial charge is 0.486 e. The SMILES string of the molecule is O=C(NCCc1ccc2c(c1)OCCO2)c1ccc(Cl)c(S(=O)(=O)N2CCCCC2)c1. The third-order valence-electron chi connectivity index (χ3n) is 5.43. The second-order valence-corrected chi connectivity index (χ2v) is 9.91. The van der Waals surface area contributed by atoms with Crippen LogP contribution in [0, 0.1) is 0 Å². The Morgan fingerprint density at radius 3 is 2.52 bits per heavy atom. The third kappa shape index (κ3) is 4.97. The van der Waals surface area contributed by atoms with Crippen molar-refractivity contribution >= 4 is 27.5 Å². The number of amides is 1. The van der Waals surface area contributed by atoms with Crippen LogP contribution >= 0.6 is 11.6 Å². The fourth-order valence-corrected chi connectivity index (χ4v) is 5.77. The van der Waals surface area contributed by atoms with E-state index in [2.05, 4.69) is 5.32 Å². The first-order valence-corrected chi connectivity index (χ1v) is 12.2. The van der Waals surface area contributed by atoms with Crippen LogP contribution in [0.1, 0.15) is 35.2 Å². The van der Waals surface area contributed by atoms with Crippen LogP contribution in [0.15, 0.2) is 41.3 Å². The Labute approximate surface area is 187 Å². The quantitative estimate of drug-likeness (QED) is 0.709. The number of nitrogens with zero attached hydrogens (tertiary/aromatic N) is 1. The molecule has 0 bridgehead atoms. The molecule has 1 fully saturated rings. The highest BCUT2D eigenvalue weighted by Gasteiger charge is 2.28. The van der Waals surface area contributed by atoms with Gasteiger partial charge in [0.25, 0.3) is 5.91 Å². The number of benzene rings is 2. The molecule has 2 aromatic rings. The average molecular weight is 465 g/mol. The van der Waals surface area contributed by atoms with Gasteiger partial charge < -0.3 is 14.8 Å². The zero-order chi connectivity index (χ0) is 21.8. The summed E-state index contributed by atoms with van der Waals surface area (Å²) in [5.41, 5.74) is 1.27. The first-order valence-electron chi connectivity index (χ1n) is 10.4. The van der Waals surface area contributed by atoms with Crippen molar-refractivity contribution in [3.63, 3.8) is 0 Å². The van der Waals surface area contributed by atoms with Crippen LogP contribution in [0.3, 0.4) is 0 Å². The summed E-state index contributed by atoms with van der Waals surface area (Å²) < 4.78 is 38.5. The van der Waals surface area contributed by atoms with Gasteiger partial charge in [0.1, 0.15) is 18.1 Å². The zero-order valence-corrected chi connectivity index (χ0v) is 18.7. The lowest BCUT2D eigenvalue weighted by molar-refractivity contribution is 0.0954. The summed E-state index contributed by atoms with van der Waals surface area (Å²) in [4.78, 5) is 12.6. The van der Waals surface area contributed by atoms with Gasteiger partial charge in [-0.25, -0.2) is 8.42 Å². The van der Waals surface area contributed by atoms with E-state index in [-0.39, 0.29) is 21.4 Å². The molecule has 0 aromatic heterocycles. The molecule has 0 radical (unpaired) electrons. The van der Waals surface area contributed by atoms with Crippen LogP contribution in [0.2, 0.25) is 5.02 Å². The molecule has 1 saturated heterocycles. The van der Waals surface area contributed by atoms with E-state index in [0.717, 1.165) is 30.6 Å². The van der Waals surface area contributed by atoms with Crippen molar-refractivity contribution in [1.82, 2.24) is 9.62 Å². The summed E-state index contributed by atoms with van der Waals surface area (Å²) in [6.45, 7) is 2.41. The number of piperidine rings is 1. The van der Waals surface area contributed by atoms with Gasteiger partial charge in [0.2, 0.25) is 10.0 Å². The molecule has 9 heteroatoms. The van der Waals surface area contributed by atoms with Crippen molar-refractivity contribution in [2.45, 2.75) is 30.6 Å². The number of fused-ring (bicyclic) bond motifs is 1. The Hall–Kier alpha value is -2.29. The van der Waals surface area contributed by atoms with E-state index in [4.69, 9.17) is 21.1 Å². The van der Waals surface area contributed by atoms with Crippen molar-refractivity contribution in [3.05, 3.63) is 52.5 Å². The highest BCUT2D eigenvalue weighted by atomic mass is 35.5. The van der Waals surface area contributed by atoms with Gasteiger partial charge in [0, 0.05) is 25.2 Å². The fourth-order valence-electron chi connectivity index (χ4n) is 3.75. The predicted molar refractivity (Wildman–Crippen MR) is 118 cm³/mol. The lowest BCUT2D eigenvalue weighted by Gasteiger charge is -2.26. The normalized spacial score (nSPS) is 16.7. The number of carbonyl (C=O) groups excluding carboxylic acids is 1. The molecule has 0 saturated carbocycles. The molecule has 4 rings (SSSR count). The van der Waals surface area contributed by atoms with E-state index < -0.39 is 10.0 Å². The van der Waals surface area contributed by atoms with Gasteiger partial charge in [-0.05, 0) is 55.2 Å². The Morgan fingerprint density at radius 2 is 1.74 bits per heavy atom. The molecule has 2 aliphatic rings. The monoisotopic (exact) mass is 464 g/mol. The Kier molecular flexibility index (Phi) is 6.69. The molecule has 31 heavy (non-hydrogen) atoms. The standard InChI is InChI=1S/C22H25ClN2O5S/c23-18-6-5-17(15-21(18)31(27,28)25-10-2-1-3-11-25)22(26)24-9-8-16-4-7-19-20(14-16)30-13-12-29-19/h4-7,14-15H,1-3,8-13H2,(H,24,26). The maximum absolute atomic E-state index is 13.0. The molecular formula is C22H25ClN2O5S. The molecule has 0 spiro atoms.